The van der Waals surface area contributed by atoms with E-state index in [1.807, 2.05) is 37.3 Å². The third-order valence-corrected chi connectivity index (χ3v) is 4.41. The van der Waals surface area contributed by atoms with Gasteiger partial charge in [0.05, 0.1) is 23.1 Å². The molecule has 1 N–H and O–H groups in total. The molecule has 2 aromatic rings. The number of nitrogens with zero attached hydrogens (tertiary/aromatic N) is 2. The Balaban J connectivity index is 2.02. The summed E-state index contributed by atoms with van der Waals surface area (Å²) in [4.78, 5) is 4.46. The van der Waals surface area contributed by atoms with Crippen LogP contribution in [-0.2, 0) is 0 Å². The van der Waals surface area contributed by atoms with Crippen molar-refractivity contribution in [3.8, 4) is 6.07 Å². The van der Waals surface area contributed by atoms with Crippen LogP contribution in [0, 0.1) is 23.7 Å². The Morgan fingerprint density at radius 2 is 2.00 bits per heavy atom. The monoisotopic (exact) mass is 266 g/mol. The molecule has 102 valence electrons. The van der Waals surface area contributed by atoms with Crippen molar-refractivity contribution in [2.24, 2.45) is 5.41 Å². The Bertz CT molecular complexity index is 681. The number of rotatable bonds is 2. The molecule has 0 saturated heterocycles. The molecule has 1 atom stereocenters. The van der Waals surface area contributed by atoms with Gasteiger partial charge in [0.15, 0.2) is 0 Å². The molecule has 0 radical (unpaired) electrons. The lowest BCUT2D eigenvalue weighted by Gasteiger charge is -2.27. The van der Waals surface area contributed by atoms with Crippen LogP contribution < -0.4 is 0 Å². The number of nitriles is 1. The Kier molecular flexibility index (Phi) is 3.19. The molecule has 0 aliphatic heterocycles. The summed E-state index contributed by atoms with van der Waals surface area (Å²) in [7, 11) is 0. The van der Waals surface area contributed by atoms with Gasteiger partial charge in [-0.05, 0) is 43.5 Å². The molecular formula is C17H18N2O. The Morgan fingerprint density at radius 3 is 2.70 bits per heavy atom. The molecule has 1 saturated carbocycles. The summed E-state index contributed by atoms with van der Waals surface area (Å²) < 4.78 is 0. The highest BCUT2D eigenvalue weighted by molar-refractivity contribution is 5.79. The Morgan fingerprint density at radius 1 is 1.25 bits per heavy atom. The predicted molar refractivity (Wildman–Crippen MR) is 78.0 cm³/mol. The maximum absolute atomic E-state index is 10.6. The maximum atomic E-state index is 10.6. The van der Waals surface area contributed by atoms with Gasteiger partial charge in [0.25, 0.3) is 0 Å². The lowest BCUT2D eigenvalue weighted by molar-refractivity contribution is 0.0672. The molecule has 3 nitrogen and oxygen atoms in total. The van der Waals surface area contributed by atoms with E-state index in [-0.39, 0.29) is 0 Å². The van der Waals surface area contributed by atoms with Crippen molar-refractivity contribution < 1.29 is 5.11 Å². The van der Waals surface area contributed by atoms with Crippen LogP contribution >= 0.6 is 0 Å². The van der Waals surface area contributed by atoms with Gasteiger partial charge in [-0.1, -0.05) is 25.0 Å². The van der Waals surface area contributed by atoms with Gasteiger partial charge < -0.3 is 5.11 Å². The summed E-state index contributed by atoms with van der Waals surface area (Å²) in [5, 5.41) is 21.1. The quantitative estimate of drug-likeness (QED) is 0.902. The molecule has 0 spiro atoms. The van der Waals surface area contributed by atoms with Crippen molar-refractivity contribution in [3.05, 3.63) is 41.6 Å². The summed E-state index contributed by atoms with van der Waals surface area (Å²) >= 11 is 0. The van der Waals surface area contributed by atoms with Crippen LogP contribution in [0.25, 0.3) is 10.9 Å². The number of aryl methyl sites for hydroxylation is 1. The zero-order chi connectivity index (χ0) is 14.2. The lowest BCUT2D eigenvalue weighted by Crippen LogP contribution is -2.23. The molecule has 1 aromatic carbocycles. The van der Waals surface area contributed by atoms with E-state index in [0.29, 0.717) is 0 Å². The Hall–Kier alpha value is -1.92. The van der Waals surface area contributed by atoms with E-state index in [4.69, 9.17) is 0 Å². The van der Waals surface area contributed by atoms with Crippen LogP contribution in [0.5, 0.6) is 0 Å². The highest BCUT2D eigenvalue weighted by Gasteiger charge is 2.41. The zero-order valence-corrected chi connectivity index (χ0v) is 11.6. The minimum absolute atomic E-state index is 0.605. The molecule has 1 aliphatic rings. The van der Waals surface area contributed by atoms with Gasteiger partial charge in [0.1, 0.15) is 0 Å². The first-order valence-electron chi connectivity index (χ1n) is 7.11. The zero-order valence-electron chi connectivity index (χ0n) is 11.6. The fourth-order valence-electron chi connectivity index (χ4n) is 3.19. The molecule has 0 amide bonds. The summed E-state index contributed by atoms with van der Waals surface area (Å²) in [6.45, 7) is 1.96. The second-order valence-corrected chi connectivity index (χ2v) is 5.78. The molecular weight excluding hydrogens is 248 g/mol. The van der Waals surface area contributed by atoms with Crippen LogP contribution in [-0.4, -0.2) is 10.1 Å². The van der Waals surface area contributed by atoms with Crippen LogP contribution in [0.15, 0.2) is 30.3 Å². The molecule has 3 rings (SSSR count). The second kappa shape index (κ2) is 4.88. The van der Waals surface area contributed by atoms with E-state index in [2.05, 4.69) is 11.1 Å². The SMILES string of the molecule is Cc1ccc2cc(C(O)C3(C#N)CCCC3)ccc2n1. The molecule has 1 fully saturated rings. The number of aromatic nitrogens is 1. The molecule has 0 bridgehead atoms. The number of aliphatic hydroxyl groups excluding tert-OH is 1. The van der Waals surface area contributed by atoms with Crippen molar-refractivity contribution in [3.63, 3.8) is 0 Å². The normalized spacial score (nSPS) is 18.9. The summed E-state index contributed by atoms with van der Waals surface area (Å²) in [6.07, 6.45) is 2.92. The number of hydrogen-bond acceptors (Lipinski definition) is 3. The first-order chi connectivity index (χ1) is 9.64. The summed E-state index contributed by atoms with van der Waals surface area (Å²) in [6, 6.07) is 12.1. The van der Waals surface area contributed by atoms with Gasteiger partial charge in [0, 0.05) is 11.1 Å². The standard InChI is InChI=1S/C17H18N2O/c1-12-4-5-13-10-14(6-7-15(13)19-12)16(20)17(11-18)8-2-3-9-17/h4-7,10,16,20H,2-3,8-9H2,1H3. The maximum Gasteiger partial charge on any atom is 0.0976 e. The first kappa shape index (κ1) is 13.1. The van der Waals surface area contributed by atoms with Gasteiger partial charge in [-0.25, -0.2) is 0 Å². The number of fused-ring (bicyclic) bond motifs is 1. The average molecular weight is 266 g/mol. The third-order valence-electron chi connectivity index (χ3n) is 4.41. The fraction of sp³-hybridized carbons (Fsp3) is 0.412. The van der Waals surface area contributed by atoms with E-state index in [1.54, 1.807) is 0 Å². The van der Waals surface area contributed by atoms with Gasteiger partial charge >= 0.3 is 0 Å². The van der Waals surface area contributed by atoms with Crippen LogP contribution in [0.2, 0.25) is 0 Å². The molecule has 1 aromatic heterocycles. The molecule has 1 heterocycles. The Labute approximate surface area is 118 Å². The van der Waals surface area contributed by atoms with E-state index in [0.717, 1.165) is 47.8 Å². The second-order valence-electron chi connectivity index (χ2n) is 5.78. The third kappa shape index (κ3) is 2.07. The first-order valence-corrected chi connectivity index (χ1v) is 7.11. The van der Waals surface area contributed by atoms with Crippen LogP contribution in [0.1, 0.15) is 43.0 Å². The van der Waals surface area contributed by atoms with Gasteiger partial charge in [-0.15, -0.1) is 0 Å². The van der Waals surface area contributed by atoms with Crippen molar-refractivity contribution in [1.29, 1.82) is 5.26 Å². The van der Waals surface area contributed by atoms with Gasteiger partial charge in [-0.2, -0.15) is 5.26 Å². The van der Waals surface area contributed by atoms with E-state index < -0.39 is 11.5 Å². The number of pyridine rings is 1. The van der Waals surface area contributed by atoms with E-state index in [1.165, 1.54) is 0 Å². The molecule has 1 aliphatic carbocycles. The van der Waals surface area contributed by atoms with Crippen LogP contribution in [0.4, 0.5) is 0 Å². The molecule has 1 unspecified atom stereocenters. The van der Waals surface area contributed by atoms with Gasteiger partial charge in [0.2, 0.25) is 0 Å². The van der Waals surface area contributed by atoms with Crippen molar-refractivity contribution >= 4 is 10.9 Å². The smallest absolute Gasteiger partial charge is 0.0976 e. The predicted octanol–water partition coefficient (Wildman–Crippen LogP) is 3.66. The largest absolute Gasteiger partial charge is 0.387 e. The summed E-state index contributed by atoms with van der Waals surface area (Å²) in [5.41, 5.74) is 2.13. The van der Waals surface area contributed by atoms with Crippen molar-refractivity contribution in [2.45, 2.75) is 38.7 Å². The topological polar surface area (TPSA) is 56.9 Å². The van der Waals surface area contributed by atoms with Crippen molar-refractivity contribution in [2.75, 3.05) is 0 Å². The number of benzene rings is 1. The summed E-state index contributed by atoms with van der Waals surface area (Å²) in [5.74, 6) is 0. The van der Waals surface area contributed by atoms with Crippen LogP contribution in [0.3, 0.4) is 0 Å². The minimum atomic E-state index is -0.708. The molecule has 3 heteroatoms. The molecule has 20 heavy (non-hydrogen) atoms. The number of aliphatic hydroxyl groups is 1. The van der Waals surface area contributed by atoms with Crippen molar-refractivity contribution in [1.82, 2.24) is 4.98 Å². The highest BCUT2D eigenvalue weighted by Crippen LogP contribution is 2.47. The fourth-order valence-corrected chi connectivity index (χ4v) is 3.19. The van der Waals surface area contributed by atoms with E-state index >= 15 is 0 Å². The highest BCUT2D eigenvalue weighted by atomic mass is 16.3. The average Bonchev–Trinajstić information content (AvgIpc) is 2.96. The van der Waals surface area contributed by atoms with E-state index in [9.17, 15) is 10.4 Å². The minimum Gasteiger partial charge on any atom is -0.387 e. The lowest BCUT2D eigenvalue weighted by atomic mass is 9.78. The van der Waals surface area contributed by atoms with Gasteiger partial charge in [-0.3, -0.25) is 4.98 Å². The number of hydrogen-bond donors (Lipinski definition) is 1.